The fraction of sp³-hybridized carbons (Fsp3) is 0.125. The Labute approximate surface area is 292 Å². The van der Waals surface area contributed by atoms with Crippen LogP contribution in [0, 0.1) is 20.8 Å². The summed E-state index contributed by atoms with van der Waals surface area (Å²) in [5, 5.41) is 2.65. The van der Waals surface area contributed by atoms with Crippen LogP contribution >= 0.6 is 0 Å². The Hall–Kier alpha value is -5.66. The zero-order valence-electron chi connectivity index (χ0n) is 29.4. The van der Waals surface area contributed by atoms with Crippen LogP contribution in [0.4, 0.5) is 0 Å². The summed E-state index contributed by atoms with van der Waals surface area (Å²) in [6.45, 7) is 14.3. The lowest BCUT2D eigenvalue weighted by atomic mass is 9.90. The first-order chi connectivity index (χ1) is 24.0. The van der Waals surface area contributed by atoms with Gasteiger partial charge in [-0.25, -0.2) is 0 Å². The van der Waals surface area contributed by atoms with Crippen LogP contribution < -0.4 is 0 Å². The third-order valence-electron chi connectivity index (χ3n) is 9.27. The van der Waals surface area contributed by atoms with Crippen LogP contribution in [-0.4, -0.2) is 4.57 Å². The highest BCUT2D eigenvalue weighted by Gasteiger charge is 2.26. The van der Waals surface area contributed by atoms with E-state index >= 15 is 0 Å². The largest absolute Gasteiger partial charge is 0.315 e. The van der Waals surface area contributed by atoms with Crippen molar-refractivity contribution in [2.24, 2.45) is 0 Å². The number of rotatable bonds is 5. The second-order valence-corrected chi connectivity index (χ2v) is 12.4. The van der Waals surface area contributed by atoms with Gasteiger partial charge in [-0.05, 0) is 102 Å². The van der Waals surface area contributed by atoms with Gasteiger partial charge in [0.25, 0.3) is 0 Å². The van der Waals surface area contributed by atoms with Gasteiger partial charge >= 0.3 is 0 Å². The van der Waals surface area contributed by atoms with Crippen molar-refractivity contribution in [2.45, 2.75) is 41.0 Å². The van der Waals surface area contributed by atoms with Crippen molar-refractivity contribution < 1.29 is 0 Å². The molecule has 0 radical (unpaired) electrons. The van der Waals surface area contributed by atoms with Crippen LogP contribution in [0.1, 0.15) is 41.7 Å². The Kier molecular flexibility index (Phi) is 10.2. The number of para-hydroxylation sites is 1. The topological polar surface area (TPSA) is 4.93 Å². The molecule has 242 valence electrons. The highest BCUT2D eigenvalue weighted by Crippen LogP contribution is 2.48. The van der Waals surface area contributed by atoms with Crippen LogP contribution in [-0.2, 0) is 6.42 Å². The Balaban J connectivity index is 0.000000409. The average Bonchev–Trinajstić information content (AvgIpc) is 3.68. The molecule has 8 rings (SSSR count). The molecule has 0 aliphatic heterocycles. The van der Waals surface area contributed by atoms with E-state index in [1.165, 1.54) is 83.0 Å². The maximum Gasteiger partial charge on any atom is 0.0616 e. The molecule has 1 aromatic heterocycles. The molecule has 7 aromatic rings. The van der Waals surface area contributed by atoms with Crippen LogP contribution in [0.5, 0.6) is 0 Å². The molecule has 0 atom stereocenters. The first-order valence-corrected chi connectivity index (χ1v) is 17.4. The maximum absolute atomic E-state index is 3.83. The fourth-order valence-electron chi connectivity index (χ4n) is 6.96. The maximum atomic E-state index is 3.83. The molecule has 0 bridgehead atoms. The molecule has 0 spiro atoms. The quantitative estimate of drug-likeness (QED) is 0.166. The second kappa shape index (κ2) is 15.0. The molecule has 1 aliphatic rings. The summed E-state index contributed by atoms with van der Waals surface area (Å²) in [6.07, 6.45) is 11.1. The highest BCUT2D eigenvalue weighted by molar-refractivity contribution is 6.18. The van der Waals surface area contributed by atoms with Crippen LogP contribution in [0.25, 0.3) is 61.4 Å². The molecule has 1 heteroatoms. The number of nitrogens with zero attached hydrogens (tertiary/aromatic N) is 1. The van der Waals surface area contributed by atoms with Gasteiger partial charge in [-0.2, -0.15) is 0 Å². The predicted molar refractivity (Wildman–Crippen MR) is 215 cm³/mol. The van der Waals surface area contributed by atoms with Gasteiger partial charge in [0, 0.05) is 22.5 Å². The number of hydrogen-bond donors (Lipinski definition) is 0. The van der Waals surface area contributed by atoms with Gasteiger partial charge in [0.15, 0.2) is 0 Å². The van der Waals surface area contributed by atoms with E-state index in [9.17, 15) is 0 Å². The molecule has 1 nitrogen and oxygen atoms in total. The molecule has 0 saturated heterocycles. The molecule has 0 fully saturated rings. The standard InChI is InChI=1S/C39H31N.C7H8.C2H6/c1-4-5-6-13-22-40-37-19-12-11-18-32(37)38-36-24-28-15-8-10-17-31(28)35(36)25-34(39(38)40)29-21-20-27(3)33(23-29)30-16-9-7-14-26(30)2;1-7-5-3-2-4-6-7;1-2/h4-23,25H,1,24H2,2-3H3;2-6H,1H3;1-2H3/b6-5-,22-13-;;. The fourth-order valence-corrected chi connectivity index (χ4v) is 6.96. The Morgan fingerprint density at radius 2 is 1.24 bits per heavy atom. The second-order valence-electron chi connectivity index (χ2n) is 12.4. The van der Waals surface area contributed by atoms with E-state index in [4.69, 9.17) is 0 Å². The van der Waals surface area contributed by atoms with Gasteiger partial charge in [-0.1, -0.05) is 153 Å². The number of benzene rings is 6. The minimum Gasteiger partial charge on any atom is -0.315 e. The highest BCUT2D eigenvalue weighted by atomic mass is 15.0. The van der Waals surface area contributed by atoms with E-state index in [0.717, 1.165) is 6.42 Å². The van der Waals surface area contributed by atoms with Gasteiger partial charge in [0.2, 0.25) is 0 Å². The average molecular weight is 636 g/mol. The van der Waals surface area contributed by atoms with Gasteiger partial charge in [0.05, 0.1) is 11.0 Å². The molecule has 1 heterocycles. The van der Waals surface area contributed by atoms with Crippen molar-refractivity contribution in [1.82, 2.24) is 4.57 Å². The molecule has 0 unspecified atom stereocenters. The van der Waals surface area contributed by atoms with Gasteiger partial charge in [-0.3, -0.25) is 0 Å². The normalized spacial score (nSPS) is 11.6. The minimum absolute atomic E-state index is 0.957. The predicted octanol–water partition coefficient (Wildman–Crippen LogP) is 13.6. The van der Waals surface area contributed by atoms with Crippen molar-refractivity contribution in [2.75, 3.05) is 0 Å². The minimum atomic E-state index is 0.957. The van der Waals surface area contributed by atoms with Crippen LogP contribution in [0.2, 0.25) is 0 Å². The Morgan fingerprint density at radius 1 is 0.571 bits per heavy atom. The van der Waals surface area contributed by atoms with E-state index < -0.39 is 0 Å². The van der Waals surface area contributed by atoms with Gasteiger partial charge < -0.3 is 4.57 Å². The summed E-state index contributed by atoms with van der Waals surface area (Å²) in [5.41, 5.74) is 17.0. The molecule has 0 N–H and O–H groups in total. The first kappa shape index (κ1) is 33.2. The lowest BCUT2D eigenvalue weighted by molar-refractivity contribution is 1.27. The Morgan fingerprint density at radius 3 is 1.98 bits per heavy atom. The lowest BCUT2D eigenvalue weighted by Gasteiger charge is -2.15. The monoisotopic (exact) mass is 635 g/mol. The Bertz CT molecular complexity index is 2310. The van der Waals surface area contributed by atoms with E-state index in [1.54, 1.807) is 0 Å². The number of aryl methyl sites for hydroxylation is 3. The number of hydrogen-bond acceptors (Lipinski definition) is 0. The molecule has 1 aliphatic carbocycles. The summed E-state index contributed by atoms with van der Waals surface area (Å²) >= 11 is 0. The van der Waals surface area contributed by atoms with E-state index in [-0.39, 0.29) is 0 Å². The SMILES string of the molecule is C=C/C=C\C=C/n1c2ccccc2c2c3c(cc(-c4ccc(C)c(-c5ccccc5C)c4)c21)-c1ccccc1C3.CC.Cc1ccccc1. The summed E-state index contributed by atoms with van der Waals surface area (Å²) in [5.74, 6) is 0. The zero-order valence-corrected chi connectivity index (χ0v) is 29.4. The van der Waals surface area contributed by atoms with Crippen molar-refractivity contribution in [3.8, 4) is 33.4 Å². The van der Waals surface area contributed by atoms with Crippen LogP contribution in [0.15, 0.2) is 158 Å². The van der Waals surface area contributed by atoms with E-state index in [0.29, 0.717) is 0 Å². The molecule has 6 aromatic carbocycles. The van der Waals surface area contributed by atoms with E-state index in [1.807, 2.05) is 50.3 Å². The molecular formula is C48H45N. The van der Waals surface area contributed by atoms with Crippen molar-refractivity contribution >= 4 is 28.0 Å². The third-order valence-corrected chi connectivity index (χ3v) is 9.27. The van der Waals surface area contributed by atoms with Crippen molar-refractivity contribution in [3.05, 3.63) is 186 Å². The molecular weight excluding hydrogens is 591 g/mol. The van der Waals surface area contributed by atoms with Gasteiger partial charge in [-0.15, -0.1) is 0 Å². The first-order valence-electron chi connectivity index (χ1n) is 17.4. The van der Waals surface area contributed by atoms with E-state index in [2.05, 4.69) is 153 Å². The number of fused-ring (bicyclic) bond motifs is 7. The summed E-state index contributed by atoms with van der Waals surface area (Å²) < 4.78 is 2.38. The summed E-state index contributed by atoms with van der Waals surface area (Å²) in [6, 6.07) is 46.1. The zero-order chi connectivity index (χ0) is 34.3. The number of allylic oxidation sites excluding steroid dienone is 4. The van der Waals surface area contributed by atoms with Crippen LogP contribution in [0.3, 0.4) is 0 Å². The molecule has 49 heavy (non-hydrogen) atoms. The van der Waals surface area contributed by atoms with Crippen molar-refractivity contribution in [3.63, 3.8) is 0 Å². The summed E-state index contributed by atoms with van der Waals surface area (Å²) in [7, 11) is 0. The summed E-state index contributed by atoms with van der Waals surface area (Å²) in [4.78, 5) is 0. The third kappa shape index (κ3) is 6.58. The molecule has 0 amide bonds. The van der Waals surface area contributed by atoms with Crippen molar-refractivity contribution in [1.29, 1.82) is 0 Å². The van der Waals surface area contributed by atoms with Gasteiger partial charge in [0.1, 0.15) is 0 Å². The lowest BCUT2D eigenvalue weighted by Crippen LogP contribution is -1.94. The number of aromatic nitrogens is 1. The smallest absolute Gasteiger partial charge is 0.0616 e. The molecule has 0 saturated carbocycles.